The standard InChI is InChI=1S/C16H18BrN5O.C2HF3O2/c17-13-4-2-6-22-10-12(18-16(13)22)9-21-5-1-3-11(8-21)14-7-15(23)20-19-14;3-2(4,5)1(6)7/h2,4,6-7,10-11H,1,3,5,8-9H2,(H2,19,20,23);(H,6,7). The molecule has 0 spiro atoms. The van der Waals surface area contributed by atoms with E-state index in [0.29, 0.717) is 5.92 Å². The highest BCUT2D eigenvalue weighted by Crippen LogP contribution is 2.26. The Bertz CT molecular complexity index is 1070. The quantitative estimate of drug-likeness (QED) is 0.523. The number of aromatic amines is 2. The second-order valence-electron chi connectivity index (χ2n) is 6.91. The SMILES string of the molecule is O=C(O)C(F)(F)F.O=c1cc(C2CCCN(Cc3cn4cccc(Br)c4n3)C2)[nH][nH]1. The van der Waals surface area contributed by atoms with Gasteiger partial charge in [-0.25, -0.2) is 9.78 Å². The zero-order valence-electron chi connectivity index (χ0n) is 15.6. The Morgan fingerprint density at radius 3 is 2.70 bits per heavy atom. The molecule has 0 bridgehead atoms. The number of aliphatic carboxylic acids is 1. The molecule has 30 heavy (non-hydrogen) atoms. The van der Waals surface area contributed by atoms with Gasteiger partial charge in [-0.3, -0.25) is 14.8 Å². The normalized spacial score (nSPS) is 17.5. The van der Waals surface area contributed by atoms with E-state index in [-0.39, 0.29) is 5.56 Å². The van der Waals surface area contributed by atoms with Crippen LogP contribution in [0.4, 0.5) is 13.2 Å². The largest absolute Gasteiger partial charge is 0.490 e. The molecule has 4 heterocycles. The van der Waals surface area contributed by atoms with E-state index >= 15 is 0 Å². The summed E-state index contributed by atoms with van der Waals surface area (Å²) in [6.07, 6.45) is 1.26. The highest BCUT2D eigenvalue weighted by atomic mass is 79.9. The van der Waals surface area contributed by atoms with Crippen molar-refractivity contribution in [2.24, 2.45) is 0 Å². The Hall–Kier alpha value is -2.60. The second-order valence-corrected chi connectivity index (χ2v) is 7.76. The van der Waals surface area contributed by atoms with Crippen LogP contribution >= 0.6 is 15.9 Å². The van der Waals surface area contributed by atoms with E-state index < -0.39 is 12.1 Å². The number of imidazole rings is 1. The summed E-state index contributed by atoms with van der Waals surface area (Å²) in [4.78, 5) is 27.3. The number of hydrogen-bond acceptors (Lipinski definition) is 4. The van der Waals surface area contributed by atoms with Crippen LogP contribution in [0.5, 0.6) is 0 Å². The van der Waals surface area contributed by atoms with E-state index in [1.807, 2.05) is 22.7 Å². The lowest BCUT2D eigenvalue weighted by molar-refractivity contribution is -0.192. The number of rotatable bonds is 3. The van der Waals surface area contributed by atoms with Gasteiger partial charge in [-0.2, -0.15) is 13.2 Å². The summed E-state index contributed by atoms with van der Waals surface area (Å²) in [5.74, 6) is -2.38. The number of nitrogens with zero attached hydrogens (tertiary/aromatic N) is 3. The number of carboxylic acids is 1. The van der Waals surface area contributed by atoms with Crippen LogP contribution in [0.2, 0.25) is 0 Å². The number of H-pyrrole nitrogens is 2. The molecular formula is C18H19BrF3N5O3. The molecule has 0 saturated carbocycles. The van der Waals surface area contributed by atoms with Gasteiger partial charge in [0.1, 0.15) is 0 Å². The predicted octanol–water partition coefficient (Wildman–Crippen LogP) is 3.13. The molecular weight excluding hydrogens is 471 g/mol. The van der Waals surface area contributed by atoms with E-state index in [9.17, 15) is 18.0 Å². The molecule has 1 aliphatic rings. The van der Waals surface area contributed by atoms with E-state index in [1.165, 1.54) is 0 Å². The number of halogens is 4. The number of aromatic nitrogens is 4. The summed E-state index contributed by atoms with van der Waals surface area (Å²) in [6.45, 7) is 2.85. The summed E-state index contributed by atoms with van der Waals surface area (Å²) in [7, 11) is 0. The van der Waals surface area contributed by atoms with Crippen LogP contribution in [0.15, 0.2) is 39.9 Å². The lowest BCUT2D eigenvalue weighted by atomic mass is 9.95. The maximum Gasteiger partial charge on any atom is 0.490 e. The van der Waals surface area contributed by atoms with E-state index in [2.05, 4.69) is 37.2 Å². The molecule has 1 fully saturated rings. The van der Waals surface area contributed by atoms with E-state index in [4.69, 9.17) is 14.9 Å². The molecule has 0 amide bonds. The fraction of sp³-hybridized carbons (Fsp3) is 0.389. The molecule has 1 unspecified atom stereocenters. The fourth-order valence-electron chi connectivity index (χ4n) is 3.35. The lowest BCUT2D eigenvalue weighted by Crippen LogP contribution is -2.34. The van der Waals surface area contributed by atoms with Crippen molar-refractivity contribution in [3.05, 3.63) is 56.8 Å². The average Bonchev–Trinajstić information content (AvgIpc) is 3.28. The van der Waals surface area contributed by atoms with E-state index in [1.54, 1.807) is 6.07 Å². The summed E-state index contributed by atoms with van der Waals surface area (Å²) < 4.78 is 34.8. The minimum Gasteiger partial charge on any atom is -0.475 e. The van der Waals surface area contributed by atoms with Crippen LogP contribution in [0, 0.1) is 0 Å². The van der Waals surface area contributed by atoms with Gasteiger partial charge in [-0.1, -0.05) is 0 Å². The molecule has 0 radical (unpaired) electrons. The fourth-order valence-corrected chi connectivity index (χ4v) is 3.80. The van der Waals surface area contributed by atoms with Gasteiger partial charge in [0.25, 0.3) is 5.56 Å². The third-order valence-corrected chi connectivity index (χ3v) is 5.29. The van der Waals surface area contributed by atoms with Gasteiger partial charge in [0.2, 0.25) is 0 Å². The number of carbonyl (C=O) groups is 1. The molecule has 162 valence electrons. The van der Waals surface area contributed by atoms with Crippen molar-refractivity contribution in [2.45, 2.75) is 31.5 Å². The zero-order valence-corrected chi connectivity index (χ0v) is 17.2. The van der Waals surface area contributed by atoms with Crippen molar-refractivity contribution in [2.75, 3.05) is 13.1 Å². The molecule has 3 N–H and O–H groups in total. The van der Waals surface area contributed by atoms with Crippen molar-refractivity contribution in [1.29, 1.82) is 0 Å². The third-order valence-electron chi connectivity index (χ3n) is 4.68. The van der Waals surface area contributed by atoms with Gasteiger partial charge in [0.05, 0.1) is 10.2 Å². The average molecular weight is 490 g/mol. The number of fused-ring (bicyclic) bond motifs is 1. The molecule has 1 aliphatic heterocycles. The van der Waals surface area contributed by atoms with Crippen LogP contribution in [-0.2, 0) is 11.3 Å². The van der Waals surface area contributed by atoms with Crippen LogP contribution < -0.4 is 5.56 Å². The molecule has 3 aromatic rings. The van der Waals surface area contributed by atoms with Crippen molar-refractivity contribution in [3.8, 4) is 0 Å². The first-order valence-corrected chi connectivity index (χ1v) is 9.85. The van der Waals surface area contributed by atoms with Gasteiger partial charge in [0.15, 0.2) is 5.65 Å². The molecule has 3 aromatic heterocycles. The Morgan fingerprint density at radius 2 is 2.10 bits per heavy atom. The molecule has 1 saturated heterocycles. The number of pyridine rings is 1. The van der Waals surface area contributed by atoms with Gasteiger partial charge >= 0.3 is 12.1 Å². The molecule has 0 aromatic carbocycles. The summed E-state index contributed by atoms with van der Waals surface area (Å²) >= 11 is 3.54. The first kappa shape index (κ1) is 22.1. The number of hydrogen-bond donors (Lipinski definition) is 3. The summed E-state index contributed by atoms with van der Waals surface area (Å²) in [5, 5.41) is 12.8. The van der Waals surface area contributed by atoms with Crippen LogP contribution in [0.3, 0.4) is 0 Å². The first-order chi connectivity index (χ1) is 14.1. The second kappa shape index (κ2) is 9.04. The molecule has 8 nitrogen and oxygen atoms in total. The number of piperidine rings is 1. The summed E-state index contributed by atoms with van der Waals surface area (Å²) in [6, 6.07) is 5.68. The maximum absolute atomic E-state index is 11.3. The highest BCUT2D eigenvalue weighted by molar-refractivity contribution is 9.10. The van der Waals surface area contributed by atoms with Gasteiger partial charge in [0, 0.05) is 43.2 Å². The Balaban J connectivity index is 0.000000318. The van der Waals surface area contributed by atoms with Crippen LogP contribution in [0.1, 0.15) is 30.1 Å². The van der Waals surface area contributed by atoms with Crippen LogP contribution in [0.25, 0.3) is 5.65 Å². The topological polar surface area (TPSA) is 106 Å². The van der Waals surface area contributed by atoms with Crippen molar-refractivity contribution in [1.82, 2.24) is 24.5 Å². The first-order valence-electron chi connectivity index (χ1n) is 9.05. The van der Waals surface area contributed by atoms with Gasteiger partial charge in [-0.15, -0.1) is 0 Å². The molecule has 4 rings (SSSR count). The molecule has 0 aliphatic carbocycles. The van der Waals surface area contributed by atoms with Crippen LogP contribution in [-0.4, -0.2) is 54.8 Å². The Morgan fingerprint density at radius 1 is 1.37 bits per heavy atom. The molecule has 12 heteroatoms. The monoisotopic (exact) mass is 489 g/mol. The maximum atomic E-state index is 11.3. The smallest absolute Gasteiger partial charge is 0.475 e. The van der Waals surface area contributed by atoms with Gasteiger partial charge in [-0.05, 0) is 47.4 Å². The Kier molecular flexibility index (Phi) is 6.66. The number of alkyl halides is 3. The van der Waals surface area contributed by atoms with Gasteiger partial charge < -0.3 is 14.6 Å². The predicted molar refractivity (Wildman–Crippen MR) is 105 cm³/mol. The van der Waals surface area contributed by atoms with Crippen molar-refractivity contribution >= 4 is 27.5 Å². The minimum atomic E-state index is -5.08. The molecule has 1 atom stereocenters. The minimum absolute atomic E-state index is 0.0534. The summed E-state index contributed by atoms with van der Waals surface area (Å²) in [5.41, 5.74) is 2.98. The third kappa shape index (κ3) is 5.51. The zero-order chi connectivity index (χ0) is 21.9. The highest BCUT2D eigenvalue weighted by Gasteiger charge is 2.38. The Labute approximate surface area is 176 Å². The number of nitrogens with one attached hydrogen (secondary N) is 2. The lowest BCUT2D eigenvalue weighted by Gasteiger charge is -2.31. The number of carboxylic acid groups (broad SMARTS) is 1. The van der Waals surface area contributed by atoms with Crippen molar-refractivity contribution < 1.29 is 23.1 Å². The number of likely N-dealkylation sites (tertiary alicyclic amines) is 1. The van der Waals surface area contributed by atoms with Crippen molar-refractivity contribution in [3.63, 3.8) is 0 Å². The van der Waals surface area contributed by atoms with E-state index in [0.717, 1.165) is 54.0 Å².